The Bertz CT molecular complexity index is 1140. The zero-order valence-corrected chi connectivity index (χ0v) is 20.9. The topological polar surface area (TPSA) is 55.8 Å². The van der Waals surface area contributed by atoms with E-state index in [-0.39, 0.29) is 29.7 Å². The van der Waals surface area contributed by atoms with Gasteiger partial charge in [-0.2, -0.15) is 0 Å². The van der Waals surface area contributed by atoms with Gasteiger partial charge in [0.05, 0.1) is 18.6 Å². The number of rotatable bonds is 7. The quantitative estimate of drug-likeness (QED) is 0.429. The molecular formula is C29H31NO4S. The number of thioether (sulfide) groups is 1. The van der Waals surface area contributed by atoms with E-state index in [4.69, 9.17) is 9.47 Å². The fraction of sp³-hybridized carbons (Fsp3) is 0.448. The molecule has 1 aliphatic heterocycles. The van der Waals surface area contributed by atoms with Crippen LogP contribution in [0.3, 0.4) is 0 Å². The van der Waals surface area contributed by atoms with E-state index in [1.165, 1.54) is 49.0 Å². The van der Waals surface area contributed by atoms with Gasteiger partial charge in [0.25, 0.3) is 11.1 Å². The zero-order chi connectivity index (χ0) is 24.0. The Morgan fingerprint density at radius 1 is 1.00 bits per heavy atom. The monoisotopic (exact) mass is 489 g/mol. The van der Waals surface area contributed by atoms with Gasteiger partial charge in [-0.3, -0.25) is 14.5 Å². The molecule has 2 aromatic carbocycles. The summed E-state index contributed by atoms with van der Waals surface area (Å²) in [5, 5.41) is -0.255. The number of benzene rings is 2. The highest BCUT2D eigenvalue weighted by Gasteiger charge is 2.51. The molecule has 0 unspecified atom stereocenters. The number of para-hydroxylation sites is 1. The maximum absolute atomic E-state index is 13.1. The third kappa shape index (κ3) is 4.26. The van der Waals surface area contributed by atoms with Gasteiger partial charge in [0.15, 0.2) is 0 Å². The van der Waals surface area contributed by atoms with Crippen LogP contribution < -0.4 is 9.47 Å². The predicted molar refractivity (Wildman–Crippen MR) is 137 cm³/mol. The lowest BCUT2D eigenvalue weighted by Gasteiger charge is -2.57. The van der Waals surface area contributed by atoms with Crippen molar-refractivity contribution in [3.05, 3.63) is 64.6 Å². The number of nitrogens with zero attached hydrogens (tertiary/aromatic N) is 1. The molecule has 0 radical (unpaired) electrons. The van der Waals surface area contributed by atoms with E-state index in [2.05, 4.69) is 12.1 Å². The van der Waals surface area contributed by atoms with Crippen molar-refractivity contribution < 1.29 is 19.1 Å². The number of carbonyl (C=O) groups is 2. The van der Waals surface area contributed by atoms with E-state index in [9.17, 15) is 9.59 Å². The molecule has 0 spiro atoms. The number of imide groups is 1. The molecule has 4 aliphatic carbocycles. The van der Waals surface area contributed by atoms with Gasteiger partial charge in [-0.05, 0) is 109 Å². The van der Waals surface area contributed by atoms with Crippen LogP contribution in [0.1, 0.15) is 49.7 Å². The molecule has 6 heteroatoms. The first-order valence-electron chi connectivity index (χ1n) is 12.6. The minimum Gasteiger partial charge on any atom is -0.496 e. The first-order chi connectivity index (χ1) is 17.0. The molecule has 0 N–H and O–H groups in total. The lowest BCUT2D eigenvalue weighted by molar-refractivity contribution is -0.123. The third-order valence-corrected chi connectivity index (χ3v) is 9.27. The molecule has 1 saturated heterocycles. The number of carbonyl (C=O) groups excluding carboxylic acids is 2. The Morgan fingerprint density at radius 3 is 2.34 bits per heavy atom. The first kappa shape index (κ1) is 22.7. The van der Waals surface area contributed by atoms with Crippen LogP contribution in [0.25, 0.3) is 6.08 Å². The van der Waals surface area contributed by atoms with Gasteiger partial charge in [0, 0.05) is 5.56 Å². The number of ether oxygens (including phenoxy) is 2. The SMILES string of the molecule is COc1ccc(C23CC4CC(CC(C4)C2)C3)cc1/C=C1\SC(=O)N(CCOc2ccccc2)C1=O. The molecule has 1 heterocycles. The molecular weight excluding hydrogens is 458 g/mol. The summed E-state index contributed by atoms with van der Waals surface area (Å²) < 4.78 is 11.3. The second-order valence-corrected chi connectivity index (χ2v) is 11.6. The summed E-state index contributed by atoms with van der Waals surface area (Å²) in [6.45, 7) is 0.488. The van der Waals surface area contributed by atoms with Gasteiger partial charge in [-0.25, -0.2) is 0 Å². The van der Waals surface area contributed by atoms with Crippen molar-refractivity contribution >= 4 is 29.0 Å². The summed E-state index contributed by atoms with van der Waals surface area (Å²) in [5.74, 6) is 3.78. The fourth-order valence-corrected chi connectivity index (χ4v) is 8.10. The van der Waals surface area contributed by atoms with Crippen LogP contribution in [0.2, 0.25) is 0 Å². The molecule has 0 aromatic heterocycles. The molecule has 2 aromatic rings. The second kappa shape index (κ2) is 9.05. The molecule has 5 fully saturated rings. The van der Waals surface area contributed by atoms with E-state index in [0.29, 0.717) is 4.91 Å². The van der Waals surface area contributed by atoms with Crippen LogP contribution in [-0.4, -0.2) is 36.3 Å². The van der Waals surface area contributed by atoms with Crippen molar-refractivity contribution in [2.75, 3.05) is 20.3 Å². The molecule has 5 aliphatic rings. The fourth-order valence-electron chi connectivity index (χ4n) is 7.25. The largest absolute Gasteiger partial charge is 0.496 e. The highest BCUT2D eigenvalue weighted by atomic mass is 32.2. The highest BCUT2D eigenvalue weighted by Crippen LogP contribution is 2.61. The Balaban J connectivity index is 1.22. The third-order valence-electron chi connectivity index (χ3n) is 8.37. The van der Waals surface area contributed by atoms with E-state index in [0.717, 1.165) is 46.6 Å². The molecule has 182 valence electrons. The second-order valence-electron chi connectivity index (χ2n) is 10.6. The normalized spacial score (nSPS) is 30.4. The van der Waals surface area contributed by atoms with Gasteiger partial charge >= 0.3 is 0 Å². The molecule has 4 bridgehead atoms. The van der Waals surface area contributed by atoms with E-state index in [1.807, 2.05) is 42.5 Å². The van der Waals surface area contributed by atoms with E-state index in [1.54, 1.807) is 7.11 Å². The Kier molecular flexibility index (Phi) is 5.87. The number of methoxy groups -OCH3 is 1. The zero-order valence-electron chi connectivity index (χ0n) is 20.1. The summed E-state index contributed by atoms with van der Waals surface area (Å²) >= 11 is 0.995. The summed E-state index contributed by atoms with van der Waals surface area (Å²) in [6, 6.07) is 15.9. The lowest BCUT2D eigenvalue weighted by atomic mass is 9.48. The molecule has 4 saturated carbocycles. The average molecular weight is 490 g/mol. The summed E-state index contributed by atoms with van der Waals surface area (Å²) in [5.41, 5.74) is 2.52. The van der Waals surface area contributed by atoms with Crippen molar-refractivity contribution in [3.8, 4) is 11.5 Å². The van der Waals surface area contributed by atoms with Crippen LogP contribution in [-0.2, 0) is 10.2 Å². The molecule has 2 amide bonds. The van der Waals surface area contributed by atoms with Crippen LogP contribution in [0.15, 0.2) is 53.4 Å². The van der Waals surface area contributed by atoms with Crippen LogP contribution in [0.5, 0.6) is 11.5 Å². The summed E-state index contributed by atoms with van der Waals surface area (Å²) in [6.07, 6.45) is 9.90. The van der Waals surface area contributed by atoms with E-state index < -0.39 is 0 Å². The van der Waals surface area contributed by atoms with Gasteiger partial charge in [-0.15, -0.1) is 0 Å². The lowest BCUT2D eigenvalue weighted by Crippen LogP contribution is -2.48. The molecule has 7 rings (SSSR count). The van der Waals surface area contributed by atoms with Crippen molar-refractivity contribution in [3.63, 3.8) is 0 Å². The van der Waals surface area contributed by atoms with Crippen molar-refractivity contribution in [1.29, 1.82) is 0 Å². The summed E-state index contributed by atoms with van der Waals surface area (Å²) in [7, 11) is 1.66. The van der Waals surface area contributed by atoms with Gasteiger partial charge in [0.1, 0.15) is 18.1 Å². The van der Waals surface area contributed by atoms with Crippen molar-refractivity contribution in [1.82, 2.24) is 4.90 Å². The van der Waals surface area contributed by atoms with Crippen molar-refractivity contribution in [2.45, 2.75) is 43.9 Å². The van der Waals surface area contributed by atoms with Crippen LogP contribution in [0.4, 0.5) is 4.79 Å². The van der Waals surface area contributed by atoms with Crippen LogP contribution in [0, 0.1) is 17.8 Å². The average Bonchev–Trinajstić information content (AvgIpc) is 3.11. The Morgan fingerprint density at radius 2 is 1.69 bits per heavy atom. The minimum atomic E-state index is -0.265. The van der Waals surface area contributed by atoms with Gasteiger partial charge in [0.2, 0.25) is 0 Å². The maximum atomic E-state index is 13.1. The Labute approximate surface area is 210 Å². The van der Waals surface area contributed by atoms with Gasteiger partial charge in [-0.1, -0.05) is 24.3 Å². The number of amides is 2. The Hall–Kier alpha value is -2.73. The smallest absolute Gasteiger partial charge is 0.293 e. The summed E-state index contributed by atoms with van der Waals surface area (Å²) in [4.78, 5) is 27.4. The van der Waals surface area contributed by atoms with Crippen molar-refractivity contribution in [2.24, 2.45) is 17.8 Å². The first-order valence-corrected chi connectivity index (χ1v) is 13.5. The molecule has 35 heavy (non-hydrogen) atoms. The van der Waals surface area contributed by atoms with Gasteiger partial charge < -0.3 is 9.47 Å². The highest BCUT2D eigenvalue weighted by molar-refractivity contribution is 8.18. The minimum absolute atomic E-state index is 0.224. The molecule has 5 nitrogen and oxygen atoms in total. The number of hydrogen-bond donors (Lipinski definition) is 0. The predicted octanol–water partition coefficient (Wildman–Crippen LogP) is 6.28. The van der Waals surface area contributed by atoms with E-state index >= 15 is 0 Å². The van der Waals surface area contributed by atoms with Crippen LogP contribution >= 0.6 is 11.8 Å². The number of hydrogen-bond acceptors (Lipinski definition) is 5. The standard InChI is InChI=1S/C29H31NO4S/c1-33-25-8-7-23(29-16-19-11-20(17-29)13-21(12-19)18-29)14-22(25)15-26-27(31)30(28(32)35-26)9-10-34-24-5-3-2-4-6-24/h2-8,14-15,19-21H,9-13,16-18H2,1H3/b26-15-. The molecule has 0 atom stereocenters. The maximum Gasteiger partial charge on any atom is 0.293 e.